The number of amides is 2. The van der Waals surface area contributed by atoms with Crippen LogP contribution in [-0.4, -0.2) is 11.8 Å². The Morgan fingerprint density at radius 1 is 0.867 bits per heavy atom. The van der Waals surface area contributed by atoms with Crippen LogP contribution in [0.2, 0.25) is 0 Å². The van der Waals surface area contributed by atoms with E-state index in [1.165, 1.54) is 12.3 Å². The number of carbonyl (C=O) groups excluding carboxylic acids is 2. The van der Waals surface area contributed by atoms with Crippen LogP contribution >= 0.6 is 15.9 Å². The first kappa shape index (κ1) is 19.7. The maximum Gasteiger partial charge on any atom is 0.291 e. The van der Waals surface area contributed by atoms with Gasteiger partial charge in [-0.1, -0.05) is 58.4 Å². The molecule has 3 aromatic carbocycles. The van der Waals surface area contributed by atoms with Gasteiger partial charge in [-0.2, -0.15) is 0 Å². The predicted molar refractivity (Wildman–Crippen MR) is 121 cm³/mol. The second-order valence-electron chi connectivity index (χ2n) is 6.56. The molecule has 5 nitrogen and oxygen atoms in total. The lowest BCUT2D eigenvalue weighted by molar-refractivity contribution is -0.113. The monoisotopic (exact) mass is 460 g/mol. The van der Waals surface area contributed by atoms with Crippen molar-refractivity contribution in [2.24, 2.45) is 0 Å². The zero-order valence-corrected chi connectivity index (χ0v) is 17.3. The third-order valence-electron chi connectivity index (χ3n) is 4.43. The molecule has 0 unspecified atom stereocenters. The van der Waals surface area contributed by atoms with E-state index in [9.17, 15) is 9.59 Å². The van der Waals surface area contributed by atoms with Gasteiger partial charge in [-0.15, -0.1) is 0 Å². The maximum atomic E-state index is 13.0. The minimum absolute atomic E-state index is 0.104. The summed E-state index contributed by atoms with van der Waals surface area (Å²) >= 11 is 3.39. The fraction of sp³-hybridized carbons (Fsp3) is 0. The summed E-state index contributed by atoms with van der Waals surface area (Å²) in [5, 5.41) is 7.58. The van der Waals surface area contributed by atoms with Crippen molar-refractivity contribution in [1.29, 1.82) is 0 Å². The molecule has 4 aromatic rings. The molecule has 6 heteroatoms. The van der Waals surface area contributed by atoms with Crippen LogP contribution < -0.4 is 10.6 Å². The lowest BCUT2D eigenvalue weighted by Gasteiger charge is -2.11. The Morgan fingerprint density at radius 3 is 2.37 bits per heavy atom. The van der Waals surface area contributed by atoms with Gasteiger partial charge in [-0.05, 0) is 58.8 Å². The van der Waals surface area contributed by atoms with Crippen molar-refractivity contribution in [2.75, 3.05) is 5.32 Å². The Bertz CT molecular complexity index is 1230. The molecule has 0 bridgehead atoms. The normalized spacial score (nSPS) is 11.3. The standard InChI is InChI=1S/C24H17BrN2O3/c25-19-10-7-16(8-11-19)14-21(27-24(29)22-6-3-13-30-22)23(28)26-20-12-9-17-4-1-2-5-18(17)15-20/h1-15H,(H,26,28)(H,27,29). The molecule has 0 fully saturated rings. The lowest BCUT2D eigenvalue weighted by Crippen LogP contribution is -2.30. The van der Waals surface area contributed by atoms with E-state index in [2.05, 4.69) is 26.6 Å². The number of benzene rings is 3. The number of halogens is 1. The van der Waals surface area contributed by atoms with E-state index in [1.807, 2.05) is 66.7 Å². The Hall–Kier alpha value is -3.64. The number of rotatable bonds is 5. The lowest BCUT2D eigenvalue weighted by atomic mass is 10.1. The summed E-state index contributed by atoms with van der Waals surface area (Å²) in [6.45, 7) is 0. The summed E-state index contributed by atoms with van der Waals surface area (Å²) in [5.41, 5.74) is 1.50. The van der Waals surface area contributed by atoms with Crippen molar-refractivity contribution in [3.05, 3.63) is 107 Å². The first-order valence-electron chi connectivity index (χ1n) is 9.21. The van der Waals surface area contributed by atoms with E-state index in [0.29, 0.717) is 5.69 Å². The number of hydrogen-bond donors (Lipinski definition) is 2. The van der Waals surface area contributed by atoms with E-state index in [4.69, 9.17) is 4.42 Å². The van der Waals surface area contributed by atoms with Gasteiger partial charge < -0.3 is 15.1 Å². The second kappa shape index (κ2) is 8.80. The highest BCUT2D eigenvalue weighted by Crippen LogP contribution is 2.20. The van der Waals surface area contributed by atoms with Crippen LogP contribution in [-0.2, 0) is 4.79 Å². The van der Waals surface area contributed by atoms with E-state index in [0.717, 1.165) is 20.8 Å². The van der Waals surface area contributed by atoms with Gasteiger partial charge in [-0.25, -0.2) is 0 Å². The van der Waals surface area contributed by atoms with Crippen LogP contribution in [0.15, 0.2) is 99.7 Å². The number of carbonyl (C=O) groups is 2. The number of nitrogens with one attached hydrogen (secondary N) is 2. The zero-order chi connectivity index (χ0) is 20.9. The second-order valence-corrected chi connectivity index (χ2v) is 7.47. The van der Waals surface area contributed by atoms with Gasteiger partial charge in [0.05, 0.1) is 6.26 Å². The molecule has 0 aliphatic rings. The summed E-state index contributed by atoms with van der Waals surface area (Å²) in [7, 11) is 0. The Labute approximate surface area is 181 Å². The molecule has 148 valence electrons. The van der Waals surface area contributed by atoms with Crippen molar-refractivity contribution in [3.8, 4) is 0 Å². The van der Waals surface area contributed by atoms with Crippen LogP contribution in [0.25, 0.3) is 16.8 Å². The first-order valence-corrected chi connectivity index (χ1v) is 10.00. The van der Waals surface area contributed by atoms with Gasteiger partial charge in [0.1, 0.15) is 5.70 Å². The molecule has 1 aromatic heterocycles. The predicted octanol–water partition coefficient (Wildman–Crippen LogP) is 5.60. The number of hydrogen-bond acceptors (Lipinski definition) is 3. The number of fused-ring (bicyclic) bond motifs is 1. The molecule has 2 amide bonds. The molecule has 0 aliphatic carbocycles. The summed E-state index contributed by atoms with van der Waals surface area (Å²) in [6, 6.07) is 24.1. The van der Waals surface area contributed by atoms with Crippen LogP contribution in [0, 0.1) is 0 Å². The molecule has 0 spiro atoms. The third kappa shape index (κ3) is 4.67. The molecule has 0 radical (unpaired) electrons. The highest BCUT2D eigenvalue weighted by atomic mass is 79.9. The van der Waals surface area contributed by atoms with E-state index >= 15 is 0 Å². The van der Waals surface area contributed by atoms with Crippen molar-refractivity contribution in [2.45, 2.75) is 0 Å². The highest BCUT2D eigenvalue weighted by molar-refractivity contribution is 9.10. The van der Waals surface area contributed by atoms with Gasteiger partial charge in [-0.3, -0.25) is 9.59 Å². The zero-order valence-electron chi connectivity index (χ0n) is 15.8. The Morgan fingerprint density at radius 2 is 1.63 bits per heavy atom. The molecule has 0 aliphatic heterocycles. The molecule has 2 N–H and O–H groups in total. The van der Waals surface area contributed by atoms with Gasteiger partial charge in [0.25, 0.3) is 11.8 Å². The first-order chi connectivity index (χ1) is 14.6. The summed E-state index contributed by atoms with van der Waals surface area (Å²) in [6.07, 6.45) is 3.02. The van der Waals surface area contributed by atoms with E-state index < -0.39 is 11.8 Å². The summed E-state index contributed by atoms with van der Waals surface area (Å²) in [4.78, 5) is 25.5. The Kier molecular flexibility index (Phi) is 5.77. The van der Waals surface area contributed by atoms with Gasteiger partial charge >= 0.3 is 0 Å². The smallest absolute Gasteiger partial charge is 0.291 e. The molecule has 0 saturated carbocycles. The third-order valence-corrected chi connectivity index (χ3v) is 4.95. The molecule has 0 saturated heterocycles. The minimum Gasteiger partial charge on any atom is -0.459 e. The molecule has 0 atom stereocenters. The quantitative estimate of drug-likeness (QED) is 0.380. The van der Waals surface area contributed by atoms with E-state index in [-0.39, 0.29) is 11.5 Å². The van der Waals surface area contributed by atoms with Gasteiger partial charge in [0, 0.05) is 10.2 Å². The average molecular weight is 461 g/mol. The average Bonchev–Trinajstić information content (AvgIpc) is 3.30. The van der Waals surface area contributed by atoms with Crippen LogP contribution in [0.5, 0.6) is 0 Å². The molecule has 4 rings (SSSR count). The topological polar surface area (TPSA) is 71.3 Å². The van der Waals surface area contributed by atoms with Gasteiger partial charge in [0.2, 0.25) is 0 Å². The van der Waals surface area contributed by atoms with Crippen LogP contribution in [0.1, 0.15) is 16.1 Å². The molecule has 30 heavy (non-hydrogen) atoms. The minimum atomic E-state index is -0.503. The fourth-order valence-electron chi connectivity index (χ4n) is 2.94. The van der Waals surface area contributed by atoms with Crippen molar-refractivity contribution in [1.82, 2.24) is 5.32 Å². The molecular formula is C24H17BrN2O3. The van der Waals surface area contributed by atoms with Crippen molar-refractivity contribution >= 4 is 50.3 Å². The van der Waals surface area contributed by atoms with Crippen LogP contribution in [0.4, 0.5) is 5.69 Å². The van der Waals surface area contributed by atoms with E-state index in [1.54, 1.807) is 12.1 Å². The summed E-state index contributed by atoms with van der Waals surface area (Å²) in [5.74, 6) is -0.819. The molecule has 1 heterocycles. The molecular weight excluding hydrogens is 444 g/mol. The highest BCUT2D eigenvalue weighted by Gasteiger charge is 2.16. The van der Waals surface area contributed by atoms with Crippen molar-refractivity contribution in [3.63, 3.8) is 0 Å². The summed E-state index contributed by atoms with van der Waals surface area (Å²) < 4.78 is 6.05. The van der Waals surface area contributed by atoms with Crippen molar-refractivity contribution < 1.29 is 14.0 Å². The Balaban J connectivity index is 1.62. The fourth-order valence-corrected chi connectivity index (χ4v) is 3.21. The SMILES string of the molecule is O=C(Nc1ccc2ccccc2c1)C(=Cc1ccc(Br)cc1)NC(=O)c1ccco1. The van der Waals surface area contributed by atoms with Gasteiger partial charge in [0.15, 0.2) is 5.76 Å². The maximum absolute atomic E-state index is 13.0. The largest absolute Gasteiger partial charge is 0.459 e. The number of anilines is 1. The van der Waals surface area contributed by atoms with Crippen LogP contribution in [0.3, 0.4) is 0 Å². The number of furan rings is 1.